The van der Waals surface area contributed by atoms with Gasteiger partial charge in [0.1, 0.15) is 23.4 Å². The van der Waals surface area contributed by atoms with Crippen molar-refractivity contribution in [1.82, 2.24) is 24.6 Å². The minimum Gasteiger partial charge on any atom is -0.486 e. The molecular weight excluding hydrogens is 579 g/mol. The fourth-order valence-corrected chi connectivity index (χ4v) is 7.11. The molecule has 4 unspecified atom stereocenters. The second kappa shape index (κ2) is 10.9. The topological polar surface area (TPSA) is 106 Å². The van der Waals surface area contributed by atoms with Gasteiger partial charge in [-0.15, -0.1) is 0 Å². The van der Waals surface area contributed by atoms with Crippen LogP contribution in [0.25, 0.3) is 22.2 Å². The van der Waals surface area contributed by atoms with Crippen LogP contribution in [-0.2, 0) is 4.74 Å². The summed E-state index contributed by atoms with van der Waals surface area (Å²) in [5.41, 5.74) is 3.29. The second-order valence-corrected chi connectivity index (χ2v) is 11.9. The summed E-state index contributed by atoms with van der Waals surface area (Å²) in [4.78, 5) is 24.0. The molecular formula is C30H30Cl2N6O4. The highest BCUT2D eigenvalue weighted by Gasteiger charge is 2.47. The lowest BCUT2D eigenvalue weighted by Crippen LogP contribution is -2.70. The molecule has 10 nitrogen and oxygen atoms in total. The average Bonchev–Trinajstić information content (AvgIpc) is 3.36. The lowest BCUT2D eigenvalue weighted by Gasteiger charge is -2.55. The van der Waals surface area contributed by atoms with E-state index in [0.29, 0.717) is 41.1 Å². The number of piperazine rings is 1. The number of piperidine rings is 1. The van der Waals surface area contributed by atoms with Crippen LogP contribution < -0.4 is 9.64 Å². The normalized spacial score (nSPS) is 22.6. The maximum Gasteiger partial charge on any atom is 0.407 e. The third-order valence-corrected chi connectivity index (χ3v) is 9.08. The second-order valence-electron chi connectivity index (χ2n) is 11.1. The third kappa shape index (κ3) is 4.81. The summed E-state index contributed by atoms with van der Waals surface area (Å²) in [7, 11) is 0. The van der Waals surface area contributed by atoms with Crippen LogP contribution in [0, 0.1) is 0 Å². The first-order valence-electron chi connectivity index (χ1n) is 14.2. The van der Waals surface area contributed by atoms with Gasteiger partial charge in [0.05, 0.1) is 27.6 Å². The van der Waals surface area contributed by atoms with E-state index < -0.39 is 12.2 Å². The molecule has 1 aromatic carbocycles. The molecule has 4 saturated heterocycles. The Hall–Kier alpha value is -3.60. The van der Waals surface area contributed by atoms with Crippen molar-refractivity contribution >= 4 is 46.0 Å². The van der Waals surface area contributed by atoms with Crippen molar-refractivity contribution in [3.8, 4) is 17.0 Å². The van der Waals surface area contributed by atoms with Crippen molar-refractivity contribution in [3.63, 3.8) is 0 Å². The maximum absolute atomic E-state index is 11.5. The van der Waals surface area contributed by atoms with E-state index in [1.807, 2.05) is 48.1 Å². The molecule has 0 radical (unpaired) electrons. The number of pyridine rings is 2. The molecule has 4 fully saturated rings. The van der Waals surface area contributed by atoms with Gasteiger partial charge in [-0.25, -0.2) is 14.5 Å². The van der Waals surface area contributed by atoms with Gasteiger partial charge in [0.25, 0.3) is 0 Å². The number of rotatable bonds is 6. The fraction of sp³-hybridized carbons (Fsp3) is 0.400. The Labute approximate surface area is 252 Å². The molecule has 4 atom stereocenters. The Kier molecular flexibility index (Phi) is 7.08. The Morgan fingerprint density at radius 3 is 2.55 bits per heavy atom. The van der Waals surface area contributed by atoms with Gasteiger partial charge in [0, 0.05) is 54.8 Å². The van der Waals surface area contributed by atoms with E-state index >= 15 is 0 Å². The number of carbonyl (C=O) groups is 1. The van der Waals surface area contributed by atoms with Gasteiger partial charge in [0.15, 0.2) is 6.23 Å². The zero-order chi connectivity index (χ0) is 29.0. The van der Waals surface area contributed by atoms with E-state index in [4.69, 9.17) is 42.8 Å². The fourth-order valence-electron chi connectivity index (χ4n) is 6.44. The molecule has 0 spiro atoms. The van der Waals surface area contributed by atoms with Crippen molar-refractivity contribution in [1.29, 1.82) is 0 Å². The molecule has 4 aliphatic rings. The van der Waals surface area contributed by atoms with E-state index in [2.05, 4.69) is 9.88 Å². The zero-order valence-corrected chi connectivity index (χ0v) is 24.5. The molecule has 3 aromatic heterocycles. The highest BCUT2D eigenvalue weighted by molar-refractivity contribution is 6.35. The van der Waals surface area contributed by atoms with E-state index in [9.17, 15) is 9.90 Å². The first-order chi connectivity index (χ1) is 20.4. The number of nitrogens with zero attached hydrogens (tertiary/aromatic N) is 6. The number of aromatic nitrogens is 4. The van der Waals surface area contributed by atoms with Crippen LogP contribution in [0.1, 0.15) is 50.5 Å². The van der Waals surface area contributed by atoms with Crippen molar-refractivity contribution < 1.29 is 19.4 Å². The van der Waals surface area contributed by atoms with Crippen LogP contribution in [-0.4, -0.2) is 67.6 Å². The number of carboxylic acid groups (broad SMARTS) is 1. The number of fused-ring (bicyclic) bond motifs is 3. The lowest BCUT2D eigenvalue weighted by atomic mass is 9.88. The maximum atomic E-state index is 11.5. The van der Waals surface area contributed by atoms with Gasteiger partial charge in [0.2, 0.25) is 0 Å². The standard InChI is InChI=1S/C30H30Cl2N6O4/c1-17(28-23(31)13-33-14-24(28)32)42-21-6-7-25-22(11-21)29(35-38(25)27-4-2-3-9-41-27)18-5-8-26(34-12-18)36-15-19-10-20(16-36)37(19)30(39)40/h5-8,11-14,17,19-20,27H,2-4,9-10,15-16H2,1H3,(H,39,40). The van der Waals surface area contributed by atoms with Gasteiger partial charge < -0.3 is 19.5 Å². The first kappa shape index (κ1) is 27.2. The van der Waals surface area contributed by atoms with Crippen LogP contribution >= 0.6 is 23.2 Å². The molecule has 218 valence electrons. The molecule has 4 aliphatic heterocycles. The zero-order valence-electron chi connectivity index (χ0n) is 23.0. The Bertz CT molecular complexity index is 1610. The predicted molar refractivity (Wildman–Crippen MR) is 159 cm³/mol. The summed E-state index contributed by atoms with van der Waals surface area (Å²) < 4.78 is 14.4. The van der Waals surface area contributed by atoms with Crippen molar-refractivity contribution in [2.24, 2.45) is 0 Å². The van der Waals surface area contributed by atoms with Crippen LogP contribution in [0.15, 0.2) is 48.9 Å². The van der Waals surface area contributed by atoms with E-state index in [0.717, 1.165) is 53.7 Å². The van der Waals surface area contributed by atoms with Gasteiger partial charge in [-0.05, 0) is 62.9 Å². The SMILES string of the molecule is CC(Oc1ccc2c(c1)c(-c1ccc(N3CC4CC(C3)N4C(=O)O)nc1)nn2C1CCCCO1)c1c(Cl)cncc1Cl. The van der Waals surface area contributed by atoms with Crippen molar-refractivity contribution in [3.05, 3.63) is 64.5 Å². The summed E-state index contributed by atoms with van der Waals surface area (Å²) in [5.74, 6) is 1.49. The minimum atomic E-state index is -0.840. The molecule has 7 heterocycles. The molecule has 12 heteroatoms. The Morgan fingerprint density at radius 2 is 1.88 bits per heavy atom. The smallest absolute Gasteiger partial charge is 0.407 e. The van der Waals surface area contributed by atoms with Crippen LogP contribution in [0.5, 0.6) is 5.75 Å². The van der Waals surface area contributed by atoms with Gasteiger partial charge in [-0.3, -0.25) is 9.88 Å². The summed E-state index contributed by atoms with van der Waals surface area (Å²) >= 11 is 12.8. The highest BCUT2D eigenvalue weighted by Crippen LogP contribution is 2.38. The van der Waals surface area contributed by atoms with Gasteiger partial charge in [-0.1, -0.05) is 23.2 Å². The summed E-state index contributed by atoms with van der Waals surface area (Å²) in [5, 5.41) is 16.3. The van der Waals surface area contributed by atoms with Crippen molar-refractivity contribution in [2.75, 3.05) is 24.6 Å². The first-order valence-corrected chi connectivity index (χ1v) is 14.9. The number of hydrogen-bond acceptors (Lipinski definition) is 7. The monoisotopic (exact) mass is 608 g/mol. The van der Waals surface area contributed by atoms with E-state index in [1.165, 1.54) is 0 Å². The molecule has 0 aliphatic carbocycles. The minimum absolute atomic E-state index is 0.0237. The molecule has 1 amide bonds. The average molecular weight is 610 g/mol. The van der Waals surface area contributed by atoms with Crippen molar-refractivity contribution in [2.45, 2.75) is 57.0 Å². The molecule has 0 saturated carbocycles. The molecule has 42 heavy (non-hydrogen) atoms. The predicted octanol–water partition coefficient (Wildman–Crippen LogP) is 6.58. The van der Waals surface area contributed by atoms with Gasteiger partial charge >= 0.3 is 6.09 Å². The molecule has 4 aromatic rings. The highest BCUT2D eigenvalue weighted by atomic mass is 35.5. The third-order valence-electron chi connectivity index (χ3n) is 8.48. The number of benzene rings is 1. The Balaban J connectivity index is 1.20. The van der Waals surface area contributed by atoms with Gasteiger partial charge in [-0.2, -0.15) is 5.10 Å². The molecule has 1 N–H and O–H groups in total. The van der Waals surface area contributed by atoms with E-state index in [1.54, 1.807) is 17.3 Å². The number of hydrogen-bond donors (Lipinski definition) is 1. The number of halogens is 2. The van der Waals surface area contributed by atoms with Crippen LogP contribution in [0.3, 0.4) is 0 Å². The quantitative estimate of drug-likeness (QED) is 0.261. The number of anilines is 1. The number of amides is 1. The summed E-state index contributed by atoms with van der Waals surface area (Å²) in [6.07, 6.45) is 7.52. The molecule has 8 rings (SSSR count). The van der Waals surface area contributed by atoms with Crippen LogP contribution in [0.2, 0.25) is 10.0 Å². The summed E-state index contributed by atoms with van der Waals surface area (Å²) in [6, 6.07) is 9.99. The Morgan fingerprint density at radius 1 is 1.10 bits per heavy atom. The largest absolute Gasteiger partial charge is 0.486 e. The molecule has 2 bridgehead atoms. The van der Waals surface area contributed by atoms with E-state index in [-0.39, 0.29) is 18.3 Å². The summed E-state index contributed by atoms with van der Waals surface area (Å²) in [6.45, 7) is 3.91. The van der Waals surface area contributed by atoms with Crippen LogP contribution in [0.4, 0.5) is 10.6 Å². The number of ether oxygens (including phenoxy) is 2. The lowest BCUT2D eigenvalue weighted by molar-refractivity contribution is -0.0365.